The summed E-state index contributed by atoms with van der Waals surface area (Å²) in [6, 6.07) is 1.62. The van der Waals surface area contributed by atoms with E-state index in [1.807, 2.05) is 18.2 Å². The maximum atomic E-state index is 11.5. The van der Waals surface area contributed by atoms with Gasteiger partial charge in [0.15, 0.2) is 0 Å². The molecular formula is C24H33N3O3S. The van der Waals surface area contributed by atoms with Crippen molar-refractivity contribution in [2.45, 2.75) is 71.4 Å². The predicted octanol–water partition coefficient (Wildman–Crippen LogP) is 4.45. The fourth-order valence-corrected chi connectivity index (χ4v) is 5.26. The largest absolute Gasteiger partial charge is 0.386 e. The number of carbonyl (C=O) groups excluding carboxylic acids is 2. The van der Waals surface area contributed by atoms with Crippen molar-refractivity contribution in [2.24, 2.45) is 10.7 Å². The van der Waals surface area contributed by atoms with E-state index in [9.17, 15) is 9.90 Å². The third kappa shape index (κ3) is 5.67. The highest BCUT2D eigenvalue weighted by Crippen LogP contribution is 2.41. The predicted molar refractivity (Wildman–Crippen MR) is 128 cm³/mol. The molecule has 0 fully saturated rings. The van der Waals surface area contributed by atoms with Crippen LogP contribution in [0, 0.1) is 6.92 Å². The number of fused-ring (bicyclic) bond motifs is 2. The fourth-order valence-electron chi connectivity index (χ4n) is 4.34. The van der Waals surface area contributed by atoms with Crippen LogP contribution in [0.1, 0.15) is 64.9 Å². The Morgan fingerprint density at radius 3 is 2.06 bits per heavy atom. The molecule has 0 unspecified atom stereocenters. The highest BCUT2D eigenvalue weighted by Gasteiger charge is 2.27. The van der Waals surface area contributed by atoms with Crippen LogP contribution < -0.4 is 11.1 Å². The number of anilines is 1. The molecule has 1 aromatic carbocycles. The third-order valence-electron chi connectivity index (χ3n) is 5.88. The first-order valence-corrected chi connectivity index (χ1v) is 11.4. The van der Waals surface area contributed by atoms with Crippen molar-refractivity contribution in [2.75, 3.05) is 5.32 Å². The molecule has 0 saturated carbocycles. The van der Waals surface area contributed by atoms with Gasteiger partial charge in [-0.15, -0.1) is 11.3 Å². The van der Waals surface area contributed by atoms with Gasteiger partial charge in [0.1, 0.15) is 6.79 Å². The van der Waals surface area contributed by atoms with Crippen LogP contribution in [-0.4, -0.2) is 24.6 Å². The molecule has 0 radical (unpaired) electrons. The Morgan fingerprint density at radius 1 is 1.16 bits per heavy atom. The van der Waals surface area contributed by atoms with E-state index in [2.05, 4.69) is 24.0 Å². The molecule has 0 bridgehead atoms. The second-order valence-electron chi connectivity index (χ2n) is 8.27. The normalized spacial score (nSPS) is 13.8. The number of benzene rings is 1. The maximum absolute atomic E-state index is 11.5. The summed E-state index contributed by atoms with van der Waals surface area (Å²) in [6.07, 6.45) is 6.86. The maximum Gasteiger partial charge on any atom is 0.344 e. The van der Waals surface area contributed by atoms with Gasteiger partial charge in [-0.3, -0.25) is 0 Å². The van der Waals surface area contributed by atoms with E-state index >= 15 is 0 Å². The molecule has 2 aromatic rings. The van der Waals surface area contributed by atoms with Gasteiger partial charge in [-0.05, 0) is 111 Å². The van der Waals surface area contributed by atoms with E-state index in [0.29, 0.717) is 6.54 Å². The Morgan fingerprint density at radius 2 is 1.68 bits per heavy atom. The highest BCUT2D eigenvalue weighted by molar-refractivity contribution is 7.10. The van der Waals surface area contributed by atoms with Crippen molar-refractivity contribution in [1.29, 1.82) is 0 Å². The van der Waals surface area contributed by atoms with Crippen molar-refractivity contribution < 1.29 is 14.7 Å². The summed E-state index contributed by atoms with van der Waals surface area (Å²) in [4.78, 5) is 24.1. The lowest BCUT2D eigenvalue weighted by molar-refractivity contribution is -0.0980. The number of amides is 2. The van der Waals surface area contributed by atoms with Crippen molar-refractivity contribution in [3.8, 4) is 0 Å². The van der Waals surface area contributed by atoms with Gasteiger partial charge in [-0.2, -0.15) is 0 Å². The van der Waals surface area contributed by atoms with Gasteiger partial charge in [-0.1, -0.05) is 0 Å². The topological polar surface area (TPSA) is 105 Å². The number of hydrogen-bond acceptors (Lipinski definition) is 5. The van der Waals surface area contributed by atoms with Gasteiger partial charge in [0.2, 0.25) is 0 Å². The van der Waals surface area contributed by atoms with E-state index in [1.165, 1.54) is 40.7 Å². The first kappa shape index (κ1) is 24.9. The Hall–Kier alpha value is -2.35. The SMILES string of the molecule is C=NC(=O)Nc1c2c(c(C)c3c1CCC3)CCC2.C=O.CC(C)(O)c1csc(CN)c1. The Labute approximate surface area is 188 Å². The van der Waals surface area contributed by atoms with E-state index in [-0.39, 0.29) is 6.03 Å². The number of nitrogens with zero attached hydrogens (tertiary/aromatic N) is 1. The lowest BCUT2D eigenvalue weighted by atomic mass is 9.93. The summed E-state index contributed by atoms with van der Waals surface area (Å²) in [5, 5.41) is 14.5. The molecule has 4 N–H and O–H groups in total. The summed E-state index contributed by atoms with van der Waals surface area (Å²) >= 11 is 1.59. The minimum absolute atomic E-state index is 0.331. The second kappa shape index (κ2) is 10.8. The highest BCUT2D eigenvalue weighted by atomic mass is 32.1. The molecule has 0 aliphatic heterocycles. The Kier molecular flexibility index (Phi) is 8.68. The van der Waals surface area contributed by atoms with Gasteiger partial charge in [0.25, 0.3) is 0 Å². The van der Waals surface area contributed by atoms with Gasteiger partial charge >= 0.3 is 6.03 Å². The van der Waals surface area contributed by atoms with Crippen LogP contribution in [0.5, 0.6) is 0 Å². The van der Waals surface area contributed by atoms with E-state index in [1.54, 1.807) is 25.2 Å². The lowest BCUT2D eigenvalue weighted by Gasteiger charge is -2.17. The average Bonchev–Trinajstić information content (AvgIpc) is 3.52. The first-order valence-electron chi connectivity index (χ1n) is 10.5. The molecular weight excluding hydrogens is 410 g/mol. The fraction of sp³-hybridized carbons (Fsp3) is 0.458. The molecule has 2 amide bonds. The van der Waals surface area contributed by atoms with Crippen molar-refractivity contribution >= 4 is 36.6 Å². The Balaban J connectivity index is 0.000000226. The number of thiophene rings is 1. The van der Waals surface area contributed by atoms with Gasteiger partial charge in [-0.25, -0.2) is 9.79 Å². The molecule has 0 atom stereocenters. The molecule has 2 aliphatic rings. The summed E-state index contributed by atoms with van der Waals surface area (Å²) in [5.74, 6) is 0. The van der Waals surface area contributed by atoms with Gasteiger partial charge in [0.05, 0.1) is 5.60 Å². The second-order valence-corrected chi connectivity index (χ2v) is 9.27. The number of rotatable bonds is 3. The summed E-state index contributed by atoms with van der Waals surface area (Å²) in [6.45, 7) is 11.6. The molecule has 31 heavy (non-hydrogen) atoms. The number of nitrogens with one attached hydrogen (secondary N) is 1. The van der Waals surface area contributed by atoms with E-state index < -0.39 is 5.60 Å². The van der Waals surface area contributed by atoms with Crippen molar-refractivity contribution in [3.63, 3.8) is 0 Å². The molecule has 2 aliphatic carbocycles. The summed E-state index contributed by atoms with van der Waals surface area (Å²) in [7, 11) is 0. The molecule has 168 valence electrons. The van der Waals surface area contributed by atoms with Crippen LogP contribution in [0.3, 0.4) is 0 Å². The number of aliphatic imine (C=N–C) groups is 1. The third-order valence-corrected chi connectivity index (χ3v) is 6.84. The average molecular weight is 444 g/mol. The minimum Gasteiger partial charge on any atom is -0.386 e. The summed E-state index contributed by atoms with van der Waals surface area (Å²) in [5.41, 5.74) is 13.8. The van der Waals surface area contributed by atoms with Crippen LogP contribution >= 0.6 is 11.3 Å². The molecule has 1 heterocycles. The van der Waals surface area contributed by atoms with Crippen LogP contribution in [0.15, 0.2) is 16.4 Å². The molecule has 0 saturated heterocycles. The number of aliphatic hydroxyl groups is 1. The van der Waals surface area contributed by atoms with Crippen LogP contribution in [0.4, 0.5) is 10.5 Å². The van der Waals surface area contributed by atoms with Crippen molar-refractivity contribution in [3.05, 3.63) is 49.7 Å². The van der Waals surface area contributed by atoms with Crippen molar-refractivity contribution in [1.82, 2.24) is 0 Å². The standard InChI is InChI=1S/C15H18N2O.C8H13NOS.CH2O/c1-9-10-5-3-7-12(10)14(17-15(18)16-2)13-8-4-6-11(9)13;1-8(2,10)6-3-7(4-9)11-5-6;1-2/h2-8H2,1H3,(H,17,18);3,5,10H,4,9H2,1-2H3;1H2. The zero-order valence-corrected chi connectivity index (χ0v) is 19.5. The number of urea groups is 1. The molecule has 0 spiro atoms. The lowest BCUT2D eigenvalue weighted by Crippen LogP contribution is -2.13. The number of nitrogens with two attached hydrogens (primary N) is 1. The van der Waals surface area contributed by atoms with E-state index in [0.717, 1.165) is 41.8 Å². The van der Waals surface area contributed by atoms with Gasteiger partial charge in [0, 0.05) is 17.1 Å². The first-order chi connectivity index (χ1) is 14.8. The molecule has 4 rings (SSSR count). The van der Waals surface area contributed by atoms with Crippen LogP contribution in [0.25, 0.3) is 0 Å². The minimum atomic E-state index is -0.732. The van der Waals surface area contributed by atoms with Crippen LogP contribution in [0.2, 0.25) is 0 Å². The number of hydrogen-bond donors (Lipinski definition) is 3. The molecule has 7 heteroatoms. The smallest absolute Gasteiger partial charge is 0.344 e. The quantitative estimate of drug-likeness (QED) is 0.609. The zero-order chi connectivity index (χ0) is 23.2. The van der Waals surface area contributed by atoms with Crippen LogP contribution in [-0.2, 0) is 42.6 Å². The zero-order valence-electron chi connectivity index (χ0n) is 18.7. The monoisotopic (exact) mass is 443 g/mol. The molecule has 1 aromatic heterocycles. The molecule has 6 nitrogen and oxygen atoms in total. The Bertz CT molecular complexity index is 909. The summed E-state index contributed by atoms with van der Waals surface area (Å²) < 4.78 is 0. The van der Waals surface area contributed by atoms with E-state index in [4.69, 9.17) is 10.5 Å². The van der Waals surface area contributed by atoms with Gasteiger partial charge < -0.3 is 21.0 Å². The number of carbonyl (C=O) groups is 2.